The van der Waals surface area contributed by atoms with Crippen molar-refractivity contribution in [3.05, 3.63) is 12.2 Å². The summed E-state index contributed by atoms with van der Waals surface area (Å²) in [6.45, 7) is 3.85. The maximum Gasteiger partial charge on any atom is 0.472 e. The standard InChI is InChI=1S/C85H168NO8P/c1-3-5-7-9-11-13-15-17-19-21-23-25-27-29-31-33-35-37-39-40-41-42-44-46-48-50-52-54-56-58-60-62-64-66-68-70-72-74-76-78-85(88)94-83(82-93-95(89,90)92-80-79-86)81-91-84(87)77-75-73-71-69-67-65-63-61-59-57-55-53-51-49-47-45-43-38-36-34-32-30-28-26-24-22-20-18-16-14-12-10-8-6-4-2/h21,23,83H,3-20,22,24-82,86H2,1-2H3,(H,89,90)/b23-21-. The van der Waals surface area contributed by atoms with Crippen LogP contribution in [0.4, 0.5) is 0 Å². The molecule has 10 heteroatoms. The van der Waals surface area contributed by atoms with Crippen molar-refractivity contribution in [2.24, 2.45) is 5.73 Å². The number of hydrogen-bond donors (Lipinski definition) is 2. The van der Waals surface area contributed by atoms with Gasteiger partial charge in [-0.15, -0.1) is 0 Å². The fourth-order valence-electron chi connectivity index (χ4n) is 13.8. The van der Waals surface area contributed by atoms with E-state index >= 15 is 0 Å². The first-order valence-electron chi connectivity index (χ1n) is 43.2. The van der Waals surface area contributed by atoms with Crippen LogP contribution in [0, 0.1) is 0 Å². The van der Waals surface area contributed by atoms with E-state index in [0.29, 0.717) is 12.8 Å². The summed E-state index contributed by atoms with van der Waals surface area (Å²) in [6.07, 6.45) is 103. The zero-order valence-electron chi connectivity index (χ0n) is 64.2. The van der Waals surface area contributed by atoms with Gasteiger partial charge in [0.05, 0.1) is 13.2 Å². The summed E-state index contributed by atoms with van der Waals surface area (Å²) >= 11 is 0. The molecule has 2 unspecified atom stereocenters. The molecule has 566 valence electrons. The summed E-state index contributed by atoms with van der Waals surface area (Å²) in [7, 11) is -4.39. The van der Waals surface area contributed by atoms with Crippen LogP contribution in [-0.4, -0.2) is 49.3 Å². The molecule has 0 saturated carbocycles. The van der Waals surface area contributed by atoms with Crippen LogP contribution in [0.3, 0.4) is 0 Å². The molecule has 0 rings (SSSR count). The summed E-state index contributed by atoms with van der Waals surface area (Å²) in [5.41, 5.74) is 5.42. The Morgan fingerprint density at radius 1 is 0.305 bits per heavy atom. The molecular weight excluding hydrogens is 1190 g/mol. The molecule has 0 aliphatic heterocycles. The second-order valence-electron chi connectivity index (χ2n) is 29.8. The molecule has 0 fully saturated rings. The lowest BCUT2D eigenvalue weighted by molar-refractivity contribution is -0.161. The predicted molar refractivity (Wildman–Crippen MR) is 414 cm³/mol. The Hall–Kier alpha value is -1.25. The first kappa shape index (κ1) is 93.8. The topological polar surface area (TPSA) is 134 Å². The van der Waals surface area contributed by atoms with Gasteiger partial charge in [-0.25, -0.2) is 4.57 Å². The molecule has 0 saturated heterocycles. The zero-order valence-corrected chi connectivity index (χ0v) is 65.1. The third-order valence-corrected chi connectivity index (χ3v) is 21.1. The molecular formula is C85H168NO8P. The van der Waals surface area contributed by atoms with Gasteiger partial charge < -0.3 is 20.1 Å². The number of phosphoric acid groups is 1. The largest absolute Gasteiger partial charge is 0.472 e. The van der Waals surface area contributed by atoms with Gasteiger partial charge >= 0.3 is 19.8 Å². The number of allylic oxidation sites excluding steroid dienone is 2. The Labute approximate surface area is 593 Å². The second kappa shape index (κ2) is 81.7. The molecule has 0 aromatic rings. The first-order chi connectivity index (χ1) is 46.8. The predicted octanol–water partition coefficient (Wildman–Crippen LogP) is 29.0. The van der Waals surface area contributed by atoms with Gasteiger partial charge in [0.25, 0.3) is 0 Å². The highest BCUT2D eigenvalue weighted by Gasteiger charge is 2.26. The minimum absolute atomic E-state index is 0.0584. The third kappa shape index (κ3) is 81.6. The zero-order chi connectivity index (χ0) is 68.6. The molecule has 0 spiro atoms. The van der Waals surface area contributed by atoms with Crippen molar-refractivity contribution in [3.63, 3.8) is 0 Å². The van der Waals surface area contributed by atoms with Crippen LogP contribution >= 0.6 is 7.82 Å². The molecule has 0 aromatic carbocycles. The molecule has 0 aromatic heterocycles. The van der Waals surface area contributed by atoms with Gasteiger partial charge in [0.15, 0.2) is 6.10 Å². The first-order valence-corrected chi connectivity index (χ1v) is 44.7. The van der Waals surface area contributed by atoms with E-state index in [1.54, 1.807) is 0 Å². The molecule has 0 aliphatic rings. The van der Waals surface area contributed by atoms with E-state index in [2.05, 4.69) is 26.0 Å². The van der Waals surface area contributed by atoms with Crippen molar-refractivity contribution < 1.29 is 37.6 Å². The molecule has 0 aliphatic carbocycles. The summed E-state index contributed by atoms with van der Waals surface area (Å²) in [5.74, 6) is -0.794. The van der Waals surface area contributed by atoms with Crippen molar-refractivity contribution in [3.8, 4) is 0 Å². The normalized spacial score (nSPS) is 12.8. The van der Waals surface area contributed by atoms with Crippen molar-refractivity contribution in [1.82, 2.24) is 0 Å². The minimum Gasteiger partial charge on any atom is -0.462 e. The number of phosphoric ester groups is 1. The number of carbonyl (C=O) groups excluding carboxylic acids is 2. The van der Waals surface area contributed by atoms with Gasteiger partial charge in [-0.2, -0.15) is 0 Å². The number of nitrogens with two attached hydrogens (primary N) is 1. The van der Waals surface area contributed by atoms with E-state index in [1.165, 1.54) is 424 Å². The molecule has 0 heterocycles. The number of rotatable bonds is 84. The van der Waals surface area contributed by atoms with E-state index in [4.69, 9.17) is 24.3 Å². The summed E-state index contributed by atoms with van der Waals surface area (Å²) < 4.78 is 33.3. The fraction of sp³-hybridized carbons (Fsp3) is 0.953. The summed E-state index contributed by atoms with van der Waals surface area (Å²) in [4.78, 5) is 35.5. The van der Waals surface area contributed by atoms with E-state index < -0.39 is 26.5 Å². The van der Waals surface area contributed by atoms with Crippen LogP contribution in [0.15, 0.2) is 12.2 Å². The maximum absolute atomic E-state index is 12.8. The van der Waals surface area contributed by atoms with E-state index in [1.807, 2.05) is 0 Å². The highest BCUT2D eigenvalue weighted by molar-refractivity contribution is 7.47. The third-order valence-electron chi connectivity index (χ3n) is 20.2. The summed E-state index contributed by atoms with van der Waals surface area (Å²) in [5, 5.41) is 0. The maximum atomic E-state index is 12.8. The lowest BCUT2D eigenvalue weighted by Gasteiger charge is -2.19. The average Bonchev–Trinajstić information content (AvgIpc) is 3.16. The summed E-state index contributed by atoms with van der Waals surface area (Å²) in [6, 6.07) is 0. The highest BCUT2D eigenvalue weighted by atomic mass is 31.2. The van der Waals surface area contributed by atoms with E-state index in [-0.39, 0.29) is 32.1 Å². The fourth-order valence-corrected chi connectivity index (χ4v) is 14.5. The highest BCUT2D eigenvalue weighted by Crippen LogP contribution is 2.43. The second-order valence-corrected chi connectivity index (χ2v) is 31.2. The van der Waals surface area contributed by atoms with Crippen LogP contribution in [0.5, 0.6) is 0 Å². The van der Waals surface area contributed by atoms with Gasteiger partial charge in [-0.3, -0.25) is 18.6 Å². The van der Waals surface area contributed by atoms with Gasteiger partial charge in [-0.05, 0) is 38.5 Å². The van der Waals surface area contributed by atoms with Crippen molar-refractivity contribution >= 4 is 19.8 Å². The monoisotopic (exact) mass is 1360 g/mol. The van der Waals surface area contributed by atoms with Gasteiger partial charge in [0.2, 0.25) is 0 Å². The number of carbonyl (C=O) groups is 2. The Balaban J connectivity index is 3.69. The molecule has 95 heavy (non-hydrogen) atoms. The van der Waals surface area contributed by atoms with Crippen LogP contribution in [0.2, 0.25) is 0 Å². The van der Waals surface area contributed by atoms with Gasteiger partial charge in [-0.1, -0.05) is 450 Å². The number of unbranched alkanes of at least 4 members (excludes halogenated alkanes) is 69. The van der Waals surface area contributed by atoms with E-state index in [0.717, 1.165) is 32.1 Å². The molecule has 0 radical (unpaired) electrons. The van der Waals surface area contributed by atoms with Gasteiger partial charge in [0, 0.05) is 19.4 Å². The van der Waals surface area contributed by atoms with Gasteiger partial charge in [0.1, 0.15) is 6.61 Å². The molecule has 9 nitrogen and oxygen atoms in total. The number of ether oxygens (including phenoxy) is 2. The molecule has 0 bridgehead atoms. The lowest BCUT2D eigenvalue weighted by Crippen LogP contribution is -2.29. The molecule has 3 N–H and O–H groups in total. The lowest BCUT2D eigenvalue weighted by atomic mass is 10.0. The van der Waals surface area contributed by atoms with Crippen molar-refractivity contribution in [2.75, 3.05) is 26.4 Å². The van der Waals surface area contributed by atoms with Crippen LogP contribution in [0.1, 0.15) is 489 Å². The van der Waals surface area contributed by atoms with Crippen molar-refractivity contribution in [1.29, 1.82) is 0 Å². The van der Waals surface area contributed by atoms with Crippen LogP contribution < -0.4 is 5.73 Å². The number of esters is 2. The Kier molecular flexibility index (Phi) is 80.6. The van der Waals surface area contributed by atoms with Crippen LogP contribution in [-0.2, 0) is 32.7 Å². The average molecular weight is 1360 g/mol. The smallest absolute Gasteiger partial charge is 0.462 e. The SMILES string of the molecule is CCCCCCCCCC/C=C\CCCCCCCCCCCCCCCCCCCCCCCCCCCCCC(=O)OC(COC(=O)CCCCCCCCCCCCCCCCCCCCCCCCCCCCCCCCCCCCC)COP(=O)(O)OCCN. The van der Waals surface area contributed by atoms with E-state index in [9.17, 15) is 19.0 Å². The minimum atomic E-state index is -4.39. The van der Waals surface area contributed by atoms with Crippen molar-refractivity contribution in [2.45, 2.75) is 495 Å². The Bertz CT molecular complexity index is 1560. The quantitative estimate of drug-likeness (QED) is 0.0264. The Morgan fingerprint density at radius 2 is 0.516 bits per heavy atom. The van der Waals surface area contributed by atoms with Crippen LogP contribution in [0.25, 0.3) is 0 Å². The number of hydrogen-bond acceptors (Lipinski definition) is 8. The molecule has 0 amide bonds. The molecule has 2 atom stereocenters. The Morgan fingerprint density at radius 3 is 0.747 bits per heavy atom.